The lowest BCUT2D eigenvalue weighted by Gasteiger charge is -1.98. The predicted molar refractivity (Wildman–Crippen MR) is 51.9 cm³/mol. The minimum atomic E-state index is -0.623. The largest absolute Gasteiger partial charge is 0.421 e. The molecule has 1 heterocycles. The van der Waals surface area contributed by atoms with E-state index in [-0.39, 0.29) is 16.7 Å². The maximum absolute atomic E-state index is 11.1. The molecule has 0 amide bonds. The third-order valence-electron chi connectivity index (χ3n) is 2.01. The fraction of sp³-hybridized carbons (Fsp3) is 0. The zero-order valence-electron chi connectivity index (χ0n) is 7.52. The summed E-state index contributed by atoms with van der Waals surface area (Å²) in [6.45, 7) is 0. The fourth-order valence-electron chi connectivity index (χ4n) is 1.37. The minimum Gasteiger partial charge on any atom is -0.421 e. The van der Waals surface area contributed by atoms with Crippen molar-refractivity contribution in [3.05, 3.63) is 45.8 Å². The van der Waals surface area contributed by atoms with Crippen LogP contribution in [0.2, 0.25) is 0 Å². The van der Waals surface area contributed by atoms with E-state index in [1.54, 1.807) is 12.1 Å². The van der Waals surface area contributed by atoms with Crippen LogP contribution in [0, 0.1) is 22.7 Å². The highest BCUT2D eigenvalue weighted by atomic mass is 16.4. The van der Waals surface area contributed by atoms with Crippen LogP contribution >= 0.6 is 0 Å². The zero-order valence-corrected chi connectivity index (χ0v) is 7.52. The van der Waals surface area contributed by atoms with Gasteiger partial charge in [0, 0.05) is 11.5 Å². The maximum atomic E-state index is 11.1. The van der Waals surface area contributed by atoms with Crippen molar-refractivity contribution in [2.24, 2.45) is 0 Å². The van der Waals surface area contributed by atoms with E-state index in [0.29, 0.717) is 5.39 Å². The van der Waals surface area contributed by atoms with Crippen LogP contribution in [0.25, 0.3) is 11.0 Å². The number of para-hydroxylation sites is 1. The van der Waals surface area contributed by atoms with Gasteiger partial charge in [0.15, 0.2) is 5.58 Å². The highest BCUT2D eigenvalue weighted by Gasteiger charge is 2.08. The quantitative estimate of drug-likeness (QED) is 0.598. The molecule has 0 aliphatic heterocycles. The molecular weight excluding hydrogens is 192 g/mol. The van der Waals surface area contributed by atoms with E-state index in [9.17, 15) is 4.79 Å². The molecule has 0 unspecified atom stereocenters. The van der Waals surface area contributed by atoms with Crippen LogP contribution in [0.1, 0.15) is 11.1 Å². The van der Waals surface area contributed by atoms with Gasteiger partial charge in [-0.2, -0.15) is 10.5 Å². The van der Waals surface area contributed by atoms with Crippen LogP contribution in [-0.2, 0) is 0 Å². The number of benzene rings is 1. The lowest BCUT2D eigenvalue weighted by atomic mass is 10.1. The van der Waals surface area contributed by atoms with E-state index in [0.717, 1.165) is 6.07 Å². The highest BCUT2D eigenvalue weighted by molar-refractivity contribution is 5.86. The first-order chi connectivity index (χ1) is 7.26. The van der Waals surface area contributed by atoms with Gasteiger partial charge < -0.3 is 4.42 Å². The molecule has 0 aliphatic carbocycles. The Bertz CT molecular complexity index is 672. The van der Waals surface area contributed by atoms with E-state index in [1.807, 2.05) is 12.1 Å². The van der Waals surface area contributed by atoms with Gasteiger partial charge in [0.2, 0.25) is 0 Å². The molecule has 0 saturated carbocycles. The number of nitriles is 2. The molecule has 15 heavy (non-hydrogen) atoms. The summed E-state index contributed by atoms with van der Waals surface area (Å²) in [5.74, 6) is 0. The van der Waals surface area contributed by atoms with Crippen LogP contribution < -0.4 is 5.63 Å². The molecule has 0 N–H and O–H groups in total. The van der Waals surface area contributed by atoms with Gasteiger partial charge in [0.05, 0.1) is 11.1 Å². The molecule has 1 aromatic heterocycles. The number of rotatable bonds is 0. The molecule has 1 aromatic carbocycles. The molecule has 4 nitrogen and oxygen atoms in total. The Labute approximate surface area is 84.6 Å². The molecule has 4 heteroatoms. The van der Waals surface area contributed by atoms with Crippen LogP contribution in [0.5, 0.6) is 0 Å². The molecule has 2 rings (SSSR count). The zero-order chi connectivity index (χ0) is 10.8. The van der Waals surface area contributed by atoms with Crippen LogP contribution in [0.15, 0.2) is 33.5 Å². The Kier molecular flexibility index (Phi) is 1.97. The third kappa shape index (κ3) is 1.34. The van der Waals surface area contributed by atoms with Gasteiger partial charge in [0.25, 0.3) is 0 Å². The SMILES string of the molecule is N#Cc1cc(=O)oc2c(C#N)cccc12. The molecule has 70 valence electrons. The summed E-state index contributed by atoms with van der Waals surface area (Å²) < 4.78 is 4.90. The van der Waals surface area contributed by atoms with Gasteiger partial charge in [-0.05, 0) is 12.1 Å². The van der Waals surface area contributed by atoms with Crippen molar-refractivity contribution < 1.29 is 4.42 Å². The fourth-order valence-corrected chi connectivity index (χ4v) is 1.37. The highest BCUT2D eigenvalue weighted by Crippen LogP contribution is 2.19. The Balaban J connectivity index is 3.05. The number of nitrogens with zero attached hydrogens (tertiary/aromatic N) is 2. The summed E-state index contributed by atoms with van der Waals surface area (Å²) in [5, 5.41) is 18.1. The van der Waals surface area contributed by atoms with Crippen molar-refractivity contribution in [2.75, 3.05) is 0 Å². The summed E-state index contributed by atoms with van der Waals surface area (Å²) >= 11 is 0. The second kappa shape index (κ2) is 3.28. The van der Waals surface area contributed by atoms with E-state index in [2.05, 4.69) is 0 Å². The van der Waals surface area contributed by atoms with E-state index >= 15 is 0 Å². The smallest absolute Gasteiger partial charge is 0.337 e. The van der Waals surface area contributed by atoms with E-state index in [4.69, 9.17) is 14.9 Å². The molecule has 0 bridgehead atoms. The predicted octanol–water partition coefficient (Wildman–Crippen LogP) is 1.54. The average molecular weight is 196 g/mol. The first-order valence-corrected chi connectivity index (χ1v) is 4.13. The van der Waals surface area contributed by atoms with Crippen molar-refractivity contribution in [1.29, 1.82) is 10.5 Å². The van der Waals surface area contributed by atoms with E-state index < -0.39 is 5.63 Å². The second-order valence-electron chi connectivity index (χ2n) is 2.88. The van der Waals surface area contributed by atoms with Gasteiger partial charge >= 0.3 is 5.63 Å². The Morgan fingerprint density at radius 3 is 2.53 bits per heavy atom. The van der Waals surface area contributed by atoms with Gasteiger partial charge in [-0.25, -0.2) is 4.79 Å². The van der Waals surface area contributed by atoms with Gasteiger partial charge in [-0.15, -0.1) is 0 Å². The summed E-state index contributed by atoms with van der Waals surface area (Å²) in [5.41, 5.74) is 0.0193. The molecule has 0 atom stereocenters. The lowest BCUT2D eigenvalue weighted by Crippen LogP contribution is -1.99. The molecule has 0 radical (unpaired) electrons. The summed E-state index contributed by atoms with van der Waals surface area (Å²) in [4.78, 5) is 11.1. The van der Waals surface area contributed by atoms with Crippen LogP contribution in [0.3, 0.4) is 0 Å². The molecule has 2 aromatic rings. The van der Waals surface area contributed by atoms with E-state index in [1.165, 1.54) is 6.07 Å². The first kappa shape index (κ1) is 8.98. The van der Waals surface area contributed by atoms with Gasteiger partial charge in [-0.1, -0.05) is 6.07 Å². The summed E-state index contributed by atoms with van der Waals surface area (Å²) in [6, 6.07) is 9.73. The van der Waals surface area contributed by atoms with Gasteiger partial charge in [0.1, 0.15) is 12.1 Å². The number of hydrogen-bond donors (Lipinski definition) is 0. The number of fused-ring (bicyclic) bond motifs is 1. The van der Waals surface area contributed by atoms with Crippen molar-refractivity contribution in [3.63, 3.8) is 0 Å². The normalized spacial score (nSPS) is 9.47. The maximum Gasteiger partial charge on any atom is 0.337 e. The molecule has 0 saturated heterocycles. The third-order valence-corrected chi connectivity index (χ3v) is 2.01. The molecule has 0 fully saturated rings. The Hall–Kier alpha value is -2.59. The Morgan fingerprint density at radius 1 is 1.13 bits per heavy atom. The topological polar surface area (TPSA) is 77.8 Å². The summed E-state index contributed by atoms with van der Waals surface area (Å²) in [6.07, 6.45) is 0. The number of hydrogen-bond acceptors (Lipinski definition) is 4. The molecular formula is C11H4N2O2. The second-order valence-corrected chi connectivity index (χ2v) is 2.88. The summed E-state index contributed by atoms with van der Waals surface area (Å²) in [7, 11) is 0. The average Bonchev–Trinajstić information content (AvgIpc) is 2.27. The molecule has 0 aliphatic rings. The Morgan fingerprint density at radius 2 is 1.87 bits per heavy atom. The van der Waals surface area contributed by atoms with Crippen molar-refractivity contribution in [1.82, 2.24) is 0 Å². The lowest BCUT2D eigenvalue weighted by molar-refractivity contribution is 0.559. The van der Waals surface area contributed by atoms with Crippen molar-refractivity contribution >= 4 is 11.0 Å². The van der Waals surface area contributed by atoms with Crippen LogP contribution in [-0.4, -0.2) is 0 Å². The standard InChI is InChI=1S/C11H4N2O2/c12-5-7-2-1-3-9-8(6-13)4-10(14)15-11(7)9/h1-4H. The van der Waals surface area contributed by atoms with Crippen molar-refractivity contribution in [3.8, 4) is 12.1 Å². The molecule has 0 spiro atoms. The van der Waals surface area contributed by atoms with Crippen LogP contribution in [0.4, 0.5) is 0 Å². The monoisotopic (exact) mass is 196 g/mol. The first-order valence-electron chi connectivity index (χ1n) is 4.13. The minimum absolute atomic E-state index is 0.170. The van der Waals surface area contributed by atoms with Gasteiger partial charge in [-0.3, -0.25) is 0 Å². The van der Waals surface area contributed by atoms with Crippen molar-refractivity contribution in [2.45, 2.75) is 0 Å².